The van der Waals surface area contributed by atoms with Gasteiger partial charge >= 0.3 is 5.97 Å². The lowest BCUT2D eigenvalue weighted by Gasteiger charge is -2.20. The van der Waals surface area contributed by atoms with Crippen LogP contribution >= 0.6 is 0 Å². The van der Waals surface area contributed by atoms with Crippen molar-refractivity contribution in [1.82, 2.24) is 10.2 Å². The number of hydrogen-bond donors (Lipinski definition) is 2. The number of nitrogens with zero attached hydrogens (tertiary/aromatic N) is 2. The minimum Gasteiger partial charge on any atom is -0.478 e. The van der Waals surface area contributed by atoms with Crippen LogP contribution in [0, 0.1) is 5.92 Å². The van der Waals surface area contributed by atoms with Gasteiger partial charge in [-0.25, -0.2) is 4.79 Å². The lowest BCUT2D eigenvalue weighted by Crippen LogP contribution is -2.23. The molecule has 0 radical (unpaired) electrons. The zero-order chi connectivity index (χ0) is 15.4. The van der Waals surface area contributed by atoms with E-state index >= 15 is 0 Å². The van der Waals surface area contributed by atoms with Crippen molar-refractivity contribution in [3.8, 4) is 0 Å². The summed E-state index contributed by atoms with van der Waals surface area (Å²) >= 11 is 0. The Hall–Kier alpha value is -1.65. The third kappa shape index (κ3) is 3.71. The number of carbonyl (C=O) groups is 1. The molecule has 0 aromatic carbocycles. The van der Waals surface area contributed by atoms with Crippen molar-refractivity contribution in [2.75, 3.05) is 5.32 Å². The second-order valence-electron chi connectivity index (χ2n) is 5.79. The summed E-state index contributed by atoms with van der Waals surface area (Å²) in [6.45, 7) is 6.06. The van der Waals surface area contributed by atoms with Gasteiger partial charge in [-0.1, -0.05) is 33.6 Å². The van der Waals surface area contributed by atoms with Crippen LogP contribution in [0.1, 0.15) is 68.1 Å². The Bertz CT molecular complexity index is 512. The van der Waals surface area contributed by atoms with Gasteiger partial charge in [-0.15, -0.1) is 5.10 Å². The van der Waals surface area contributed by atoms with Crippen molar-refractivity contribution in [2.24, 2.45) is 5.92 Å². The fourth-order valence-corrected chi connectivity index (χ4v) is 2.78. The molecule has 2 N–H and O–H groups in total. The zero-order valence-corrected chi connectivity index (χ0v) is 13.1. The van der Waals surface area contributed by atoms with Gasteiger partial charge < -0.3 is 10.4 Å². The van der Waals surface area contributed by atoms with Crippen molar-refractivity contribution in [3.05, 3.63) is 16.8 Å². The van der Waals surface area contributed by atoms with Crippen molar-refractivity contribution < 1.29 is 9.90 Å². The van der Waals surface area contributed by atoms with Gasteiger partial charge in [-0.3, -0.25) is 0 Å². The van der Waals surface area contributed by atoms with Gasteiger partial charge in [0.05, 0.1) is 5.69 Å². The number of hydrogen-bond acceptors (Lipinski definition) is 4. The van der Waals surface area contributed by atoms with Gasteiger partial charge in [0.2, 0.25) is 0 Å². The van der Waals surface area contributed by atoms with E-state index in [1.54, 1.807) is 0 Å². The number of aromatic nitrogens is 2. The predicted molar refractivity (Wildman–Crippen MR) is 82.8 cm³/mol. The molecule has 5 nitrogen and oxygen atoms in total. The monoisotopic (exact) mass is 291 g/mol. The number of rotatable bonds is 8. The molecular formula is C16H25N3O2. The molecule has 0 amide bonds. The molecule has 0 spiro atoms. The first kappa shape index (κ1) is 15.7. The standard InChI is InChI=1S/C16H25N3O2/c1-4-11(9-10-7-8-10)17-15-14(16(20)21)12(5-2)13(6-3)18-19-15/h10-11H,4-9H2,1-3H3,(H,17,19)(H,20,21). The molecule has 1 fully saturated rings. The fourth-order valence-electron chi connectivity index (χ4n) is 2.78. The average Bonchev–Trinajstić information content (AvgIpc) is 3.29. The van der Waals surface area contributed by atoms with Gasteiger partial charge in [0.15, 0.2) is 5.82 Å². The molecule has 1 aliphatic carbocycles. The van der Waals surface area contributed by atoms with E-state index in [0.717, 1.165) is 30.0 Å². The van der Waals surface area contributed by atoms with E-state index in [4.69, 9.17) is 0 Å². The molecule has 0 saturated heterocycles. The number of nitrogens with one attached hydrogen (secondary N) is 1. The molecule has 5 heteroatoms. The highest BCUT2D eigenvalue weighted by Crippen LogP contribution is 2.35. The Morgan fingerprint density at radius 3 is 2.48 bits per heavy atom. The van der Waals surface area contributed by atoms with Crippen LogP contribution in [0.15, 0.2) is 0 Å². The molecule has 1 aliphatic rings. The molecule has 21 heavy (non-hydrogen) atoms. The summed E-state index contributed by atoms with van der Waals surface area (Å²) in [7, 11) is 0. The predicted octanol–water partition coefficient (Wildman–Crippen LogP) is 3.29. The van der Waals surface area contributed by atoms with E-state index in [-0.39, 0.29) is 6.04 Å². The Morgan fingerprint density at radius 1 is 1.29 bits per heavy atom. The Kier molecular flexibility index (Phi) is 5.15. The molecular weight excluding hydrogens is 266 g/mol. The number of anilines is 1. The summed E-state index contributed by atoms with van der Waals surface area (Å²) in [4.78, 5) is 11.7. The summed E-state index contributed by atoms with van der Waals surface area (Å²) in [6.07, 6.45) is 6.02. The number of aryl methyl sites for hydroxylation is 1. The molecule has 2 rings (SSSR count). The highest BCUT2D eigenvalue weighted by atomic mass is 16.4. The van der Waals surface area contributed by atoms with Crippen molar-refractivity contribution in [2.45, 2.75) is 65.3 Å². The SMILES string of the molecule is CCc1nnc(NC(CC)CC2CC2)c(C(=O)O)c1CC. The maximum Gasteiger partial charge on any atom is 0.339 e. The van der Waals surface area contributed by atoms with E-state index in [1.165, 1.54) is 12.8 Å². The lowest BCUT2D eigenvalue weighted by molar-refractivity contribution is 0.0696. The number of carboxylic acid groups (broad SMARTS) is 1. The number of carboxylic acids is 1. The smallest absolute Gasteiger partial charge is 0.339 e. The van der Waals surface area contributed by atoms with Crippen LogP contribution in [0.4, 0.5) is 5.82 Å². The molecule has 1 heterocycles. The largest absolute Gasteiger partial charge is 0.478 e. The summed E-state index contributed by atoms with van der Waals surface area (Å²) in [5.41, 5.74) is 1.90. The highest BCUT2D eigenvalue weighted by Gasteiger charge is 2.27. The molecule has 116 valence electrons. The summed E-state index contributed by atoms with van der Waals surface area (Å²) in [5, 5.41) is 21.3. The molecule has 1 aromatic heterocycles. The third-order valence-electron chi connectivity index (χ3n) is 4.21. The van der Waals surface area contributed by atoms with Gasteiger partial charge in [0, 0.05) is 6.04 Å². The minimum absolute atomic E-state index is 0.280. The third-order valence-corrected chi connectivity index (χ3v) is 4.21. The Balaban J connectivity index is 2.30. The minimum atomic E-state index is -0.916. The van der Waals surface area contributed by atoms with E-state index in [0.29, 0.717) is 24.2 Å². The van der Waals surface area contributed by atoms with Gasteiger partial charge in [-0.05, 0) is 37.2 Å². The quantitative estimate of drug-likeness (QED) is 0.768. The summed E-state index contributed by atoms with van der Waals surface area (Å²) in [6, 6.07) is 0.280. The van der Waals surface area contributed by atoms with E-state index in [9.17, 15) is 9.90 Å². The number of aromatic carboxylic acids is 1. The van der Waals surface area contributed by atoms with Crippen LogP contribution in [0.5, 0.6) is 0 Å². The first-order valence-electron chi connectivity index (χ1n) is 7.98. The van der Waals surface area contributed by atoms with Crippen molar-refractivity contribution >= 4 is 11.8 Å². The summed E-state index contributed by atoms with van der Waals surface area (Å²) < 4.78 is 0. The van der Waals surface area contributed by atoms with Crippen LogP contribution in [0.25, 0.3) is 0 Å². The van der Waals surface area contributed by atoms with Crippen molar-refractivity contribution in [3.63, 3.8) is 0 Å². The van der Waals surface area contributed by atoms with Crippen molar-refractivity contribution in [1.29, 1.82) is 0 Å². The molecule has 1 aromatic rings. The highest BCUT2D eigenvalue weighted by molar-refractivity contribution is 5.95. The maximum absolute atomic E-state index is 11.7. The molecule has 1 unspecified atom stereocenters. The van der Waals surface area contributed by atoms with Crippen LogP contribution in [0.3, 0.4) is 0 Å². The van der Waals surface area contributed by atoms with Gasteiger partial charge in [-0.2, -0.15) is 5.10 Å². The van der Waals surface area contributed by atoms with Crippen LogP contribution in [0.2, 0.25) is 0 Å². The molecule has 0 aliphatic heterocycles. The Labute approximate surface area is 126 Å². The zero-order valence-electron chi connectivity index (χ0n) is 13.1. The van der Waals surface area contributed by atoms with E-state index in [1.807, 2.05) is 13.8 Å². The van der Waals surface area contributed by atoms with Crippen LogP contribution < -0.4 is 5.32 Å². The maximum atomic E-state index is 11.7. The topological polar surface area (TPSA) is 75.1 Å². The lowest BCUT2D eigenvalue weighted by atomic mass is 10.0. The van der Waals surface area contributed by atoms with Crippen LogP contribution in [-0.4, -0.2) is 27.3 Å². The Morgan fingerprint density at radius 2 is 2.00 bits per heavy atom. The summed E-state index contributed by atoms with van der Waals surface area (Å²) in [5.74, 6) is 0.313. The van der Waals surface area contributed by atoms with Gasteiger partial charge in [0.1, 0.15) is 5.56 Å². The molecule has 0 bridgehead atoms. The fraction of sp³-hybridized carbons (Fsp3) is 0.688. The van der Waals surface area contributed by atoms with E-state index < -0.39 is 5.97 Å². The van der Waals surface area contributed by atoms with E-state index in [2.05, 4.69) is 22.4 Å². The first-order valence-corrected chi connectivity index (χ1v) is 7.98. The normalized spacial score (nSPS) is 15.8. The van der Waals surface area contributed by atoms with Gasteiger partial charge in [0.25, 0.3) is 0 Å². The second-order valence-corrected chi connectivity index (χ2v) is 5.79. The second kappa shape index (κ2) is 6.87. The molecule has 1 saturated carbocycles. The van der Waals surface area contributed by atoms with Crippen LogP contribution in [-0.2, 0) is 12.8 Å². The molecule has 1 atom stereocenters. The average molecular weight is 291 g/mol. The first-order chi connectivity index (χ1) is 10.1.